The summed E-state index contributed by atoms with van der Waals surface area (Å²) in [5, 5.41) is 0. The van der Waals surface area contributed by atoms with Crippen molar-refractivity contribution in [2.75, 3.05) is 0 Å². The van der Waals surface area contributed by atoms with Crippen LogP contribution >= 0.6 is 0 Å². The largest absolute Gasteiger partial charge is 0.303 e. The summed E-state index contributed by atoms with van der Waals surface area (Å²) < 4.78 is 0. The standard InChI is InChI=1S/C19H24O2/c20-16-9-7-5-3-1-2-4-6-8-10-18-11-13-19(14-12-18)15-17-21/h11-14,16-17H,1-7,9,15H2. The van der Waals surface area contributed by atoms with Crippen LogP contribution < -0.4 is 0 Å². The smallest absolute Gasteiger partial charge is 0.124 e. The summed E-state index contributed by atoms with van der Waals surface area (Å²) in [5.41, 5.74) is 2.05. The van der Waals surface area contributed by atoms with Crippen LogP contribution in [0.25, 0.3) is 0 Å². The average molecular weight is 284 g/mol. The molecule has 0 saturated heterocycles. The van der Waals surface area contributed by atoms with Gasteiger partial charge in [0.1, 0.15) is 12.6 Å². The van der Waals surface area contributed by atoms with E-state index in [-0.39, 0.29) is 0 Å². The first kappa shape index (κ1) is 17.2. The summed E-state index contributed by atoms with van der Waals surface area (Å²) in [6, 6.07) is 7.85. The van der Waals surface area contributed by atoms with Crippen LogP contribution in [0.3, 0.4) is 0 Å². The summed E-state index contributed by atoms with van der Waals surface area (Å²) in [5.74, 6) is 6.35. The number of unbranched alkanes of at least 4 members (excludes halogenated alkanes) is 7. The van der Waals surface area contributed by atoms with Gasteiger partial charge in [-0.1, -0.05) is 49.7 Å². The van der Waals surface area contributed by atoms with E-state index in [0.29, 0.717) is 12.8 Å². The highest BCUT2D eigenvalue weighted by Crippen LogP contribution is 2.08. The minimum absolute atomic E-state index is 0.473. The highest BCUT2D eigenvalue weighted by molar-refractivity contribution is 5.55. The first-order valence-electron chi connectivity index (χ1n) is 7.82. The topological polar surface area (TPSA) is 34.1 Å². The van der Waals surface area contributed by atoms with E-state index >= 15 is 0 Å². The number of carbonyl (C=O) groups is 2. The van der Waals surface area contributed by atoms with Crippen molar-refractivity contribution >= 4 is 12.6 Å². The number of rotatable bonds is 10. The molecule has 0 aromatic heterocycles. The van der Waals surface area contributed by atoms with Crippen LogP contribution in [0.2, 0.25) is 0 Å². The van der Waals surface area contributed by atoms with Gasteiger partial charge < -0.3 is 9.59 Å². The van der Waals surface area contributed by atoms with Gasteiger partial charge in [-0.3, -0.25) is 0 Å². The third kappa shape index (κ3) is 8.81. The molecule has 1 aromatic rings. The molecular weight excluding hydrogens is 260 g/mol. The monoisotopic (exact) mass is 284 g/mol. The predicted octanol–water partition coefficient (Wildman–Crippen LogP) is 4.10. The lowest BCUT2D eigenvalue weighted by molar-refractivity contribution is -0.108. The zero-order valence-electron chi connectivity index (χ0n) is 12.6. The van der Waals surface area contributed by atoms with Crippen molar-refractivity contribution in [3.63, 3.8) is 0 Å². The quantitative estimate of drug-likeness (QED) is 0.368. The minimum atomic E-state index is 0.473. The Kier molecular flexibility index (Phi) is 9.74. The fourth-order valence-electron chi connectivity index (χ4n) is 2.13. The Morgan fingerprint density at radius 2 is 1.48 bits per heavy atom. The Labute approximate surface area is 127 Å². The number of hydrogen-bond acceptors (Lipinski definition) is 2. The molecule has 1 rings (SSSR count). The van der Waals surface area contributed by atoms with Gasteiger partial charge in [0.25, 0.3) is 0 Å². The third-order valence-electron chi connectivity index (χ3n) is 3.38. The molecule has 0 amide bonds. The average Bonchev–Trinajstić information content (AvgIpc) is 2.51. The van der Waals surface area contributed by atoms with Crippen LogP contribution in [-0.2, 0) is 16.0 Å². The van der Waals surface area contributed by atoms with Gasteiger partial charge in [-0.05, 0) is 30.5 Å². The summed E-state index contributed by atoms with van der Waals surface area (Å²) >= 11 is 0. The van der Waals surface area contributed by atoms with E-state index in [1.165, 1.54) is 19.3 Å². The molecule has 0 atom stereocenters. The molecule has 0 heterocycles. The lowest BCUT2D eigenvalue weighted by Crippen LogP contribution is -1.85. The van der Waals surface area contributed by atoms with E-state index in [0.717, 1.165) is 49.4 Å². The Morgan fingerprint density at radius 3 is 2.14 bits per heavy atom. The third-order valence-corrected chi connectivity index (χ3v) is 3.38. The molecule has 0 aliphatic heterocycles. The molecule has 0 radical (unpaired) electrons. The Bertz CT molecular complexity index is 463. The normalized spacial score (nSPS) is 9.71. The zero-order valence-corrected chi connectivity index (χ0v) is 12.6. The molecule has 112 valence electrons. The maximum atomic E-state index is 10.4. The molecule has 0 aliphatic carbocycles. The highest BCUT2D eigenvalue weighted by atomic mass is 16.1. The molecular formula is C19H24O2. The van der Waals surface area contributed by atoms with Crippen LogP contribution in [0, 0.1) is 11.8 Å². The van der Waals surface area contributed by atoms with E-state index in [9.17, 15) is 9.59 Å². The Hall–Kier alpha value is -1.88. The fraction of sp³-hybridized carbons (Fsp3) is 0.474. The highest BCUT2D eigenvalue weighted by Gasteiger charge is 1.92. The second kappa shape index (κ2) is 11.9. The van der Waals surface area contributed by atoms with Gasteiger partial charge in [0.2, 0.25) is 0 Å². The summed E-state index contributed by atoms with van der Waals surface area (Å²) in [4.78, 5) is 20.5. The second-order valence-electron chi connectivity index (χ2n) is 5.20. The van der Waals surface area contributed by atoms with Gasteiger partial charge in [-0.2, -0.15) is 0 Å². The van der Waals surface area contributed by atoms with Crippen molar-refractivity contribution in [1.82, 2.24) is 0 Å². The molecule has 0 spiro atoms. The van der Waals surface area contributed by atoms with E-state index in [2.05, 4.69) is 11.8 Å². The molecule has 0 unspecified atom stereocenters. The molecule has 0 bridgehead atoms. The first-order valence-corrected chi connectivity index (χ1v) is 7.82. The van der Waals surface area contributed by atoms with Crippen molar-refractivity contribution in [2.24, 2.45) is 0 Å². The fourth-order valence-corrected chi connectivity index (χ4v) is 2.13. The zero-order chi connectivity index (χ0) is 15.2. The second-order valence-corrected chi connectivity index (χ2v) is 5.20. The molecule has 0 saturated carbocycles. The molecule has 2 heteroatoms. The summed E-state index contributed by atoms with van der Waals surface area (Å²) in [6.07, 6.45) is 11.0. The van der Waals surface area contributed by atoms with Crippen LogP contribution in [0.15, 0.2) is 24.3 Å². The van der Waals surface area contributed by atoms with Gasteiger partial charge in [0.05, 0.1) is 0 Å². The van der Waals surface area contributed by atoms with Crippen LogP contribution in [0.4, 0.5) is 0 Å². The first-order chi connectivity index (χ1) is 10.4. The van der Waals surface area contributed by atoms with Crippen molar-refractivity contribution < 1.29 is 9.59 Å². The van der Waals surface area contributed by atoms with Gasteiger partial charge >= 0.3 is 0 Å². The Balaban J connectivity index is 2.10. The van der Waals surface area contributed by atoms with Crippen molar-refractivity contribution in [1.29, 1.82) is 0 Å². The molecule has 0 N–H and O–H groups in total. The van der Waals surface area contributed by atoms with Crippen molar-refractivity contribution in [3.05, 3.63) is 35.4 Å². The van der Waals surface area contributed by atoms with Crippen LogP contribution in [-0.4, -0.2) is 12.6 Å². The van der Waals surface area contributed by atoms with Gasteiger partial charge in [-0.15, -0.1) is 0 Å². The van der Waals surface area contributed by atoms with Crippen LogP contribution in [0.1, 0.15) is 62.5 Å². The van der Waals surface area contributed by atoms with Crippen molar-refractivity contribution in [3.8, 4) is 11.8 Å². The van der Waals surface area contributed by atoms with Gasteiger partial charge in [0.15, 0.2) is 0 Å². The SMILES string of the molecule is O=CCCCCCCCCC#Cc1ccc(CC=O)cc1. The summed E-state index contributed by atoms with van der Waals surface area (Å²) in [6.45, 7) is 0. The van der Waals surface area contributed by atoms with Gasteiger partial charge in [0, 0.05) is 24.8 Å². The van der Waals surface area contributed by atoms with E-state index in [4.69, 9.17) is 0 Å². The Morgan fingerprint density at radius 1 is 0.810 bits per heavy atom. The number of aldehydes is 2. The molecule has 2 nitrogen and oxygen atoms in total. The lowest BCUT2D eigenvalue weighted by atomic mass is 10.1. The maximum absolute atomic E-state index is 10.4. The van der Waals surface area contributed by atoms with Gasteiger partial charge in [-0.25, -0.2) is 0 Å². The van der Waals surface area contributed by atoms with Crippen LogP contribution in [0.5, 0.6) is 0 Å². The van der Waals surface area contributed by atoms with Crippen molar-refractivity contribution in [2.45, 2.75) is 57.8 Å². The number of benzene rings is 1. The molecule has 0 fully saturated rings. The van der Waals surface area contributed by atoms with E-state index in [1.54, 1.807) is 0 Å². The number of hydrogen-bond donors (Lipinski definition) is 0. The predicted molar refractivity (Wildman–Crippen MR) is 86.1 cm³/mol. The minimum Gasteiger partial charge on any atom is -0.303 e. The van der Waals surface area contributed by atoms with E-state index < -0.39 is 0 Å². The molecule has 1 aromatic carbocycles. The van der Waals surface area contributed by atoms with E-state index in [1.807, 2.05) is 24.3 Å². The number of carbonyl (C=O) groups excluding carboxylic acids is 2. The molecule has 21 heavy (non-hydrogen) atoms. The lowest BCUT2D eigenvalue weighted by Gasteiger charge is -1.98. The maximum Gasteiger partial charge on any atom is 0.124 e. The molecule has 0 aliphatic rings. The summed E-state index contributed by atoms with van der Waals surface area (Å²) in [7, 11) is 0.